The maximum Gasteiger partial charge on any atom is 0.332 e. The molecule has 0 amide bonds. The van der Waals surface area contributed by atoms with E-state index in [0.29, 0.717) is 0 Å². The summed E-state index contributed by atoms with van der Waals surface area (Å²) < 4.78 is 5.89. The molecule has 0 fully saturated rings. The van der Waals surface area contributed by atoms with Gasteiger partial charge in [-0.2, -0.15) is 0 Å². The van der Waals surface area contributed by atoms with Crippen LogP contribution in [0.3, 0.4) is 0 Å². The fraction of sp³-hybridized carbons (Fsp3) is 0.188. The number of halogens is 1. The Morgan fingerprint density at radius 1 is 1.20 bits per heavy atom. The van der Waals surface area contributed by atoms with Crippen LogP contribution in [0.15, 0.2) is 53.0 Å². The number of hydrogen-bond donors (Lipinski definition) is 1. The lowest BCUT2D eigenvalue weighted by atomic mass is 10.0. The van der Waals surface area contributed by atoms with Gasteiger partial charge in [0.15, 0.2) is 6.04 Å². The van der Waals surface area contributed by atoms with Crippen LogP contribution in [0.4, 0.5) is 5.69 Å². The molecule has 1 unspecified atom stereocenters. The van der Waals surface area contributed by atoms with E-state index < -0.39 is 6.04 Å². The smallest absolute Gasteiger partial charge is 0.332 e. The van der Waals surface area contributed by atoms with Gasteiger partial charge in [0.25, 0.3) is 0 Å². The van der Waals surface area contributed by atoms with E-state index in [2.05, 4.69) is 21.2 Å². The van der Waals surface area contributed by atoms with Gasteiger partial charge in [0.1, 0.15) is 0 Å². The van der Waals surface area contributed by atoms with Gasteiger partial charge in [0.2, 0.25) is 0 Å². The quantitative estimate of drug-likeness (QED) is 0.856. The first kappa shape index (κ1) is 14.6. The number of esters is 1. The van der Waals surface area contributed by atoms with Crippen molar-refractivity contribution in [3.63, 3.8) is 0 Å². The summed E-state index contributed by atoms with van der Waals surface area (Å²) in [6.07, 6.45) is 0. The van der Waals surface area contributed by atoms with Crippen molar-refractivity contribution >= 4 is 27.6 Å². The highest BCUT2D eigenvalue weighted by atomic mass is 79.9. The summed E-state index contributed by atoms with van der Waals surface area (Å²) in [6.45, 7) is 2.00. The summed E-state index contributed by atoms with van der Waals surface area (Å²) in [5, 5.41) is 3.21. The van der Waals surface area contributed by atoms with Gasteiger partial charge in [0, 0.05) is 10.2 Å². The summed E-state index contributed by atoms with van der Waals surface area (Å²) in [6, 6.07) is 15.0. The Labute approximate surface area is 127 Å². The molecule has 4 heteroatoms. The van der Waals surface area contributed by atoms with Crippen LogP contribution in [0.2, 0.25) is 0 Å². The molecule has 0 aliphatic rings. The standard InChI is InChI=1S/C16H16BrNO2/c1-11-4-3-5-12(10-11)15(16(19)20-2)18-14-8-6-13(17)7-9-14/h3-10,15,18H,1-2H3. The zero-order valence-corrected chi connectivity index (χ0v) is 13.0. The van der Waals surface area contributed by atoms with Crippen molar-refractivity contribution in [2.24, 2.45) is 0 Å². The van der Waals surface area contributed by atoms with Crippen LogP contribution >= 0.6 is 15.9 Å². The number of anilines is 1. The molecule has 2 aromatic carbocycles. The minimum atomic E-state index is -0.513. The van der Waals surface area contributed by atoms with Gasteiger partial charge in [-0.3, -0.25) is 0 Å². The van der Waals surface area contributed by atoms with Crippen molar-refractivity contribution in [3.05, 3.63) is 64.1 Å². The van der Waals surface area contributed by atoms with Crippen LogP contribution in [0.25, 0.3) is 0 Å². The molecule has 0 aromatic heterocycles. The Bertz CT molecular complexity index is 596. The van der Waals surface area contributed by atoms with E-state index in [0.717, 1.165) is 21.3 Å². The molecule has 3 nitrogen and oxygen atoms in total. The maximum atomic E-state index is 12.0. The third kappa shape index (κ3) is 3.61. The fourth-order valence-corrected chi connectivity index (χ4v) is 2.22. The van der Waals surface area contributed by atoms with Crippen molar-refractivity contribution in [1.82, 2.24) is 0 Å². The third-order valence-corrected chi connectivity index (χ3v) is 3.50. The largest absolute Gasteiger partial charge is 0.467 e. The Balaban J connectivity index is 2.28. The molecule has 0 aliphatic carbocycles. The van der Waals surface area contributed by atoms with Crippen LogP contribution in [0.1, 0.15) is 17.2 Å². The number of aryl methyl sites for hydroxylation is 1. The van der Waals surface area contributed by atoms with Gasteiger partial charge in [0.05, 0.1) is 7.11 Å². The number of benzene rings is 2. The molecule has 0 saturated carbocycles. The lowest BCUT2D eigenvalue weighted by molar-refractivity contribution is -0.141. The fourth-order valence-electron chi connectivity index (χ4n) is 1.96. The van der Waals surface area contributed by atoms with E-state index in [4.69, 9.17) is 4.74 Å². The predicted octanol–water partition coefficient (Wildman–Crippen LogP) is 4.08. The Morgan fingerprint density at radius 2 is 1.90 bits per heavy atom. The van der Waals surface area contributed by atoms with E-state index in [1.807, 2.05) is 55.5 Å². The number of hydrogen-bond acceptors (Lipinski definition) is 3. The van der Waals surface area contributed by atoms with Crippen LogP contribution in [0, 0.1) is 6.92 Å². The molecule has 2 aromatic rings. The first-order chi connectivity index (χ1) is 9.60. The van der Waals surface area contributed by atoms with Gasteiger partial charge in [-0.15, -0.1) is 0 Å². The number of carbonyl (C=O) groups is 1. The molecule has 0 aliphatic heterocycles. The second-order valence-corrected chi connectivity index (χ2v) is 5.44. The zero-order valence-electron chi connectivity index (χ0n) is 11.4. The van der Waals surface area contributed by atoms with Crippen molar-refractivity contribution in [2.45, 2.75) is 13.0 Å². The molecule has 104 valence electrons. The molecule has 20 heavy (non-hydrogen) atoms. The van der Waals surface area contributed by atoms with Gasteiger partial charge in [-0.05, 0) is 36.8 Å². The molecule has 0 saturated heterocycles. The molecule has 0 spiro atoms. The average molecular weight is 334 g/mol. The lowest BCUT2D eigenvalue weighted by Gasteiger charge is -2.18. The Hall–Kier alpha value is -1.81. The van der Waals surface area contributed by atoms with E-state index in [-0.39, 0.29) is 5.97 Å². The third-order valence-electron chi connectivity index (χ3n) is 2.97. The second-order valence-electron chi connectivity index (χ2n) is 4.52. The van der Waals surface area contributed by atoms with Gasteiger partial charge >= 0.3 is 5.97 Å². The summed E-state index contributed by atoms with van der Waals surface area (Å²) in [5.41, 5.74) is 2.86. The molecule has 1 atom stereocenters. The van der Waals surface area contributed by atoms with Gasteiger partial charge < -0.3 is 10.1 Å². The number of rotatable bonds is 4. The molecular formula is C16H16BrNO2. The number of carbonyl (C=O) groups excluding carboxylic acids is 1. The molecule has 1 N–H and O–H groups in total. The first-order valence-electron chi connectivity index (χ1n) is 6.26. The second kappa shape index (κ2) is 6.57. The van der Waals surface area contributed by atoms with E-state index in [1.54, 1.807) is 0 Å². The topological polar surface area (TPSA) is 38.3 Å². The molecule has 0 bridgehead atoms. The van der Waals surface area contributed by atoms with Crippen LogP contribution in [0.5, 0.6) is 0 Å². The Morgan fingerprint density at radius 3 is 2.50 bits per heavy atom. The van der Waals surface area contributed by atoms with Crippen LogP contribution in [-0.2, 0) is 9.53 Å². The summed E-state index contributed by atoms with van der Waals surface area (Å²) in [4.78, 5) is 12.0. The van der Waals surface area contributed by atoms with E-state index >= 15 is 0 Å². The van der Waals surface area contributed by atoms with Crippen molar-refractivity contribution in [3.8, 4) is 0 Å². The highest BCUT2D eigenvalue weighted by Crippen LogP contribution is 2.23. The highest BCUT2D eigenvalue weighted by Gasteiger charge is 2.21. The van der Waals surface area contributed by atoms with Gasteiger partial charge in [-0.25, -0.2) is 4.79 Å². The van der Waals surface area contributed by atoms with Crippen molar-refractivity contribution in [2.75, 3.05) is 12.4 Å². The first-order valence-corrected chi connectivity index (χ1v) is 7.06. The van der Waals surface area contributed by atoms with E-state index in [1.165, 1.54) is 7.11 Å². The normalized spacial score (nSPS) is 11.8. The summed E-state index contributed by atoms with van der Waals surface area (Å²) >= 11 is 3.39. The van der Waals surface area contributed by atoms with Crippen molar-refractivity contribution < 1.29 is 9.53 Å². The predicted molar refractivity (Wildman–Crippen MR) is 83.7 cm³/mol. The van der Waals surface area contributed by atoms with Crippen LogP contribution in [-0.4, -0.2) is 13.1 Å². The minimum absolute atomic E-state index is 0.307. The Kier molecular flexibility index (Phi) is 4.79. The van der Waals surface area contributed by atoms with Crippen molar-refractivity contribution in [1.29, 1.82) is 0 Å². The highest BCUT2D eigenvalue weighted by molar-refractivity contribution is 9.10. The molecular weight excluding hydrogens is 318 g/mol. The molecule has 2 rings (SSSR count). The average Bonchev–Trinajstić information content (AvgIpc) is 2.46. The maximum absolute atomic E-state index is 12.0. The summed E-state index contributed by atoms with van der Waals surface area (Å²) in [7, 11) is 1.40. The number of methoxy groups -OCH3 is 1. The van der Waals surface area contributed by atoms with Crippen LogP contribution < -0.4 is 5.32 Å². The monoisotopic (exact) mass is 333 g/mol. The zero-order chi connectivity index (χ0) is 14.5. The number of ether oxygens (including phenoxy) is 1. The minimum Gasteiger partial charge on any atom is -0.467 e. The lowest BCUT2D eigenvalue weighted by Crippen LogP contribution is -2.22. The SMILES string of the molecule is COC(=O)C(Nc1ccc(Br)cc1)c1cccc(C)c1. The molecule has 0 heterocycles. The summed E-state index contributed by atoms with van der Waals surface area (Å²) in [5.74, 6) is -0.307. The van der Waals surface area contributed by atoms with E-state index in [9.17, 15) is 4.79 Å². The van der Waals surface area contributed by atoms with Gasteiger partial charge in [-0.1, -0.05) is 45.8 Å². The number of nitrogens with one attached hydrogen (secondary N) is 1. The molecule has 0 radical (unpaired) electrons.